The van der Waals surface area contributed by atoms with E-state index in [-0.39, 0.29) is 12.9 Å². The highest BCUT2D eigenvalue weighted by Gasteiger charge is 2.17. The molecule has 0 fully saturated rings. The minimum atomic E-state index is -3.93. The molecule has 7 heteroatoms. The molecule has 2 N–H and O–H groups in total. The van der Waals surface area contributed by atoms with Crippen LogP contribution in [0.15, 0.2) is 0 Å². The van der Waals surface area contributed by atoms with Gasteiger partial charge in [-0.3, -0.25) is 9.59 Å². The van der Waals surface area contributed by atoms with Crippen molar-refractivity contribution in [2.45, 2.75) is 0 Å². The van der Waals surface area contributed by atoms with Gasteiger partial charge in [-0.25, -0.2) is 10.1 Å². The maximum absolute atomic E-state index is 10.3. The first-order chi connectivity index (χ1) is 4.12. The molecule has 0 unspecified atom stereocenters. The molecule has 0 heterocycles. The number of hydrogen-bond acceptors (Lipinski definition) is 5. The van der Waals surface area contributed by atoms with Crippen molar-refractivity contribution in [2.24, 2.45) is 5.50 Å². The minimum Gasteiger partial charge on any atom is -0.374 e. The van der Waals surface area contributed by atoms with Gasteiger partial charge in [0.1, 0.15) is 0 Å². The normalized spacial score (nSPS) is 9.89. The first-order valence-electron chi connectivity index (χ1n) is 1.75. The van der Waals surface area contributed by atoms with E-state index in [4.69, 9.17) is 0 Å². The summed E-state index contributed by atoms with van der Waals surface area (Å²) in [6.07, 6.45) is 0. The van der Waals surface area contributed by atoms with Gasteiger partial charge in [-0.05, 0) is 0 Å². The summed E-state index contributed by atoms with van der Waals surface area (Å²) in [5.41, 5.74) is 4.59. The van der Waals surface area contributed by atoms with E-state index in [1.807, 2.05) is 0 Å². The Morgan fingerprint density at radius 1 is 1.22 bits per heavy atom. The Bertz CT molecular complexity index is 141. The molecule has 0 aliphatic carbocycles. The number of carbonyl (C=O) groups is 2. The Morgan fingerprint density at radius 3 is 1.78 bits per heavy atom. The van der Waals surface area contributed by atoms with Crippen molar-refractivity contribution in [1.82, 2.24) is 0 Å². The molecule has 0 aliphatic rings. The predicted molar refractivity (Wildman–Crippen MR) is 26.1 cm³/mol. The number of rotatable bonds is 4. The van der Waals surface area contributed by atoms with Crippen LogP contribution in [0.5, 0.6) is 0 Å². The van der Waals surface area contributed by atoms with Gasteiger partial charge in [0.05, 0.1) is 0 Å². The molecule has 0 aromatic heterocycles. The second-order valence-electron chi connectivity index (χ2n) is 0.943. The van der Waals surface area contributed by atoms with E-state index in [0.717, 1.165) is 0 Å². The Kier molecular flexibility index (Phi) is 2.90. The van der Waals surface area contributed by atoms with E-state index in [2.05, 4.69) is 14.6 Å². The molecule has 0 radical (unpaired) electrons. The lowest BCUT2D eigenvalue weighted by atomic mass is 11.7. The molecule has 0 rings (SSSR count). The lowest BCUT2D eigenvalue weighted by Gasteiger charge is -2.03. The van der Waals surface area contributed by atoms with Crippen LogP contribution in [-0.4, -0.2) is 12.9 Å². The Balaban J connectivity index is 3.85. The van der Waals surface area contributed by atoms with Crippen LogP contribution in [0.2, 0.25) is 0 Å². The molecule has 0 amide bonds. The van der Waals surface area contributed by atoms with Crippen LogP contribution >= 0.6 is 7.75 Å². The second kappa shape index (κ2) is 3.21. The van der Waals surface area contributed by atoms with Crippen LogP contribution in [-0.2, 0) is 23.2 Å². The minimum absolute atomic E-state index is 0.162. The van der Waals surface area contributed by atoms with Crippen molar-refractivity contribution in [3.05, 3.63) is 0 Å². The first kappa shape index (κ1) is 8.13. The zero-order valence-corrected chi connectivity index (χ0v) is 5.11. The van der Waals surface area contributed by atoms with Gasteiger partial charge in [0.2, 0.25) is 0 Å². The molecule has 0 aromatic rings. The van der Waals surface area contributed by atoms with Crippen LogP contribution in [0.3, 0.4) is 0 Å². The fraction of sp³-hybridized carbons (Fsp3) is 0. The van der Waals surface area contributed by atoms with Gasteiger partial charge in [-0.1, -0.05) is 0 Å². The Labute approximate surface area is 50.5 Å². The molecule has 0 saturated carbocycles. The molecular formula is C2H4NO5P. The molecule has 0 saturated heterocycles. The average molecular weight is 153 g/mol. The summed E-state index contributed by atoms with van der Waals surface area (Å²) < 4.78 is 17.6. The smallest absolute Gasteiger partial charge is 0.374 e. The number of nitrogens with two attached hydrogens (primary N) is 1. The summed E-state index contributed by atoms with van der Waals surface area (Å²) >= 11 is 0. The molecule has 0 spiro atoms. The third-order valence-electron chi connectivity index (χ3n) is 0.380. The maximum Gasteiger partial charge on any atom is 0.514 e. The molecule has 9 heavy (non-hydrogen) atoms. The lowest BCUT2D eigenvalue weighted by Crippen LogP contribution is -2.01. The van der Waals surface area contributed by atoms with Gasteiger partial charge in [0, 0.05) is 0 Å². The molecule has 52 valence electrons. The molecule has 0 aliphatic heterocycles. The molecule has 6 nitrogen and oxygen atoms in total. The fourth-order valence-corrected chi connectivity index (χ4v) is 0.434. The van der Waals surface area contributed by atoms with E-state index in [1.54, 1.807) is 0 Å². The number of carbonyl (C=O) groups excluding carboxylic acids is 2. The first-order valence-corrected chi connectivity index (χ1v) is 3.36. The van der Waals surface area contributed by atoms with Crippen molar-refractivity contribution < 1.29 is 23.2 Å². The summed E-state index contributed by atoms with van der Waals surface area (Å²) in [5, 5.41) is 0. The van der Waals surface area contributed by atoms with Crippen LogP contribution in [0.4, 0.5) is 0 Å². The van der Waals surface area contributed by atoms with Gasteiger partial charge in [0.15, 0.2) is 0 Å². The van der Waals surface area contributed by atoms with Crippen molar-refractivity contribution in [3.63, 3.8) is 0 Å². The van der Waals surface area contributed by atoms with Crippen molar-refractivity contribution in [3.8, 4) is 0 Å². The van der Waals surface area contributed by atoms with E-state index >= 15 is 0 Å². The zero-order valence-electron chi connectivity index (χ0n) is 4.22. The van der Waals surface area contributed by atoms with Crippen LogP contribution < -0.4 is 5.50 Å². The van der Waals surface area contributed by atoms with Crippen molar-refractivity contribution in [2.75, 3.05) is 0 Å². The quantitative estimate of drug-likeness (QED) is 0.427. The van der Waals surface area contributed by atoms with Crippen LogP contribution in [0.25, 0.3) is 0 Å². The third kappa shape index (κ3) is 3.69. The van der Waals surface area contributed by atoms with E-state index in [9.17, 15) is 14.2 Å². The second-order valence-corrected chi connectivity index (χ2v) is 2.44. The molecule has 0 aromatic carbocycles. The van der Waals surface area contributed by atoms with E-state index < -0.39 is 7.75 Å². The van der Waals surface area contributed by atoms with Crippen LogP contribution in [0.1, 0.15) is 0 Å². The molecule has 0 atom stereocenters. The summed E-state index contributed by atoms with van der Waals surface area (Å²) in [4.78, 5) is 18.8. The van der Waals surface area contributed by atoms with Gasteiger partial charge < -0.3 is 9.05 Å². The summed E-state index contributed by atoms with van der Waals surface area (Å²) in [7, 11) is -3.93. The van der Waals surface area contributed by atoms with Crippen molar-refractivity contribution in [1.29, 1.82) is 0 Å². The highest BCUT2D eigenvalue weighted by molar-refractivity contribution is 7.52. The van der Waals surface area contributed by atoms with Gasteiger partial charge in [0.25, 0.3) is 0 Å². The third-order valence-corrected chi connectivity index (χ3v) is 1.14. The predicted octanol–water partition coefficient (Wildman–Crippen LogP) is -0.601. The summed E-state index contributed by atoms with van der Waals surface area (Å²) in [5.74, 6) is 0. The topological polar surface area (TPSA) is 95.7 Å². The van der Waals surface area contributed by atoms with E-state index in [1.165, 1.54) is 0 Å². The molecular weight excluding hydrogens is 149 g/mol. The standard InChI is InChI=1S/C2H4NO5P/c3-9(6,7-1-4)8-2-5/h1-2H,(H2,3,6). The highest BCUT2D eigenvalue weighted by atomic mass is 31.2. The van der Waals surface area contributed by atoms with Crippen LogP contribution in [0, 0.1) is 0 Å². The Hall–Kier alpha value is -0.870. The van der Waals surface area contributed by atoms with Gasteiger partial charge in [-0.15, -0.1) is 0 Å². The zero-order chi connectivity index (χ0) is 7.33. The average Bonchev–Trinajstić information content (AvgIpc) is 1.64. The highest BCUT2D eigenvalue weighted by Crippen LogP contribution is 2.36. The fourth-order valence-electron chi connectivity index (χ4n) is 0.145. The van der Waals surface area contributed by atoms with E-state index in [0.29, 0.717) is 0 Å². The largest absolute Gasteiger partial charge is 0.514 e. The maximum atomic E-state index is 10.3. The SMILES string of the molecule is NP(=O)(OC=O)OC=O. The Morgan fingerprint density at radius 2 is 1.56 bits per heavy atom. The van der Waals surface area contributed by atoms with Crippen molar-refractivity contribution >= 4 is 20.7 Å². The number of hydrogen-bond donors (Lipinski definition) is 1. The van der Waals surface area contributed by atoms with Gasteiger partial charge >= 0.3 is 20.7 Å². The molecule has 0 bridgehead atoms. The summed E-state index contributed by atoms with van der Waals surface area (Å²) in [6, 6.07) is 0. The summed E-state index contributed by atoms with van der Waals surface area (Å²) in [6.45, 7) is -0.325. The monoisotopic (exact) mass is 153 g/mol. The van der Waals surface area contributed by atoms with Gasteiger partial charge in [-0.2, -0.15) is 0 Å². The lowest BCUT2D eigenvalue weighted by molar-refractivity contribution is -0.124.